The Morgan fingerprint density at radius 1 is 1.46 bits per heavy atom. The molecule has 0 atom stereocenters. The number of nitrogens with one attached hydrogen (secondary N) is 1. The summed E-state index contributed by atoms with van der Waals surface area (Å²) in [7, 11) is -1.85. The van der Waals surface area contributed by atoms with Gasteiger partial charge in [-0.2, -0.15) is 17.4 Å². The Labute approximate surface area is 79.9 Å². The summed E-state index contributed by atoms with van der Waals surface area (Å²) >= 11 is 0. The van der Waals surface area contributed by atoms with E-state index in [2.05, 4.69) is 4.72 Å². The molecule has 0 aromatic carbocycles. The summed E-state index contributed by atoms with van der Waals surface area (Å²) < 4.78 is 26.1. The lowest BCUT2D eigenvalue weighted by molar-refractivity contribution is 0.299. The van der Waals surface area contributed by atoms with Crippen LogP contribution in [0.3, 0.4) is 0 Å². The van der Waals surface area contributed by atoms with Crippen molar-refractivity contribution in [2.45, 2.75) is 19.8 Å². The van der Waals surface area contributed by atoms with Crippen molar-refractivity contribution in [3.05, 3.63) is 0 Å². The molecule has 0 radical (unpaired) electrons. The van der Waals surface area contributed by atoms with Gasteiger partial charge in [-0.25, -0.2) is 0 Å². The van der Waals surface area contributed by atoms with E-state index < -0.39 is 10.2 Å². The van der Waals surface area contributed by atoms with E-state index >= 15 is 0 Å². The third-order valence-corrected chi connectivity index (χ3v) is 3.21. The normalized spacial score (nSPS) is 12.3. The number of aliphatic hydroxyl groups excluding tert-OH is 1. The van der Waals surface area contributed by atoms with Gasteiger partial charge < -0.3 is 5.11 Å². The van der Waals surface area contributed by atoms with Crippen LogP contribution in [0.25, 0.3) is 0 Å². The molecule has 0 amide bonds. The highest BCUT2D eigenvalue weighted by molar-refractivity contribution is 7.87. The summed E-state index contributed by atoms with van der Waals surface area (Å²) in [6.07, 6.45) is 1.80. The van der Waals surface area contributed by atoms with E-state index in [-0.39, 0.29) is 13.2 Å². The van der Waals surface area contributed by atoms with Crippen LogP contribution < -0.4 is 4.72 Å². The minimum absolute atomic E-state index is 0.0683. The molecule has 0 bridgehead atoms. The molecule has 0 aliphatic carbocycles. The standard InChI is InChI=1S/C7H18N2O3S/c1-3-4-6-9(2)13(11,12)8-5-7-10/h8,10H,3-7H2,1-2H3. The third kappa shape index (κ3) is 5.20. The Bertz CT molecular complexity index is 216. The van der Waals surface area contributed by atoms with Crippen molar-refractivity contribution >= 4 is 10.2 Å². The molecular formula is C7H18N2O3S. The molecular weight excluding hydrogens is 192 g/mol. The van der Waals surface area contributed by atoms with Gasteiger partial charge in [0.25, 0.3) is 10.2 Å². The van der Waals surface area contributed by atoms with E-state index in [1.807, 2.05) is 6.92 Å². The molecule has 0 saturated carbocycles. The number of aliphatic hydroxyl groups is 1. The van der Waals surface area contributed by atoms with E-state index in [0.717, 1.165) is 12.8 Å². The van der Waals surface area contributed by atoms with Gasteiger partial charge in [0.15, 0.2) is 0 Å². The fraction of sp³-hybridized carbons (Fsp3) is 1.00. The first-order chi connectivity index (χ1) is 6.04. The summed E-state index contributed by atoms with van der Waals surface area (Å²) in [5, 5.41) is 8.44. The topological polar surface area (TPSA) is 69.6 Å². The van der Waals surface area contributed by atoms with E-state index in [4.69, 9.17) is 5.11 Å². The highest BCUT2D eigenvalue weighted by atomic mass is 32.2. The van der Waals surface area contributed by atoms with Crippen LogP contribution in [0.15, 0.2) is 0 Å². The average Bonchev–Trinajstić information content (AvgIpc) is 2.10. The monoisotopic (exact) mass is 210 g/mol. The van der Waals surface area contributed by atoms with Crippen LogP contribution in [-0.2, 0) is 10.2 Å². The molecule has 0 spiro atoms. The minimum atomic E-state index is -3.37. The maximum Gasteiger partial charge on any atom is 0.279 e. The zero-order valence-corrected chi connectivity index (χ0v) is 8.97. The lowest BCUT2D eigenvalue weighted by atomic mass is 10.3. The van der Waals surface area contributed by atoms with Gasteiger partial charge in [0, 0.05) is 20.1 Å². The number of hydrogen-bond acceptors (Lipinski definition) is 3. The largest absolute Gasteiger partial charge is 0.395 e. The molecule has 0 aromatic heterocycles. The van der Waals surface area contributed by atoms with Gasteiger partial charge >= 0.3 is 0 Å². The van der Waals surface area contributed by atoms with Crippen molar-refractivity contribution in [1.29, 1.82) is 0 Å². The van der Waals surface area contributed by atoms with Gasteiger partial charge in [-0.1, -0.05) is 13.3 Å². The molecule has 2 N–H and O–H groups in total. The maximum atomic E-state index is 11.3. The van der Waals surface area contributed by atoms with Gasteiger partial charge in [0.1, 0.15) is 0 Å². The molecule has 80 valence electrons. The third-order valence-electron chi connectivity index (χ3n) is 1.63. The first-order valence-electron chi connectivity index (χ1n) is 4.36. The molecule has 0 rings (SSSR count). The molecule has 6 heteroatoms. The zero-order valence-electron chi connectivity index (χ0n) is 8.15. The molecule has 0 aliphatic heterocycles. The predicted octanol–water partition coefficient (Wildman–Crippen LogP) is -0.455. The van der Waals surface area contributed by atoms with Crippen molar-refractivity contribution in [2.24, 2.45) is 0 Å². The Hall–Kier alpha value is -0.170. The fourth-order valence-electron chi connectivity index (χ4n) is 0.786. The Balaban J connectivity index is 3.96. The van der Waals surface area contributed by atoms with Gasteiger partial charge in [-0.05, 0) is 6.42 Å². The van der Waals surface area contributed by atoms with Crippen molar-refractivity contribution in [3.63, 3.8) is 0 Å². The molecule has 0 saturated heterocycles. The molecule has 0 fully saturated rings. The molecule has 5 nitrogen and oxygen atoms in total. The summed E-state index contributed by atoms with van der Waals surface area (Å²) in [5.74, 6) is 0. The average molecular weight is 210 g/mol. The quantitative estimate of drug-likeness (QED) is 0.597. The first kappa shape index (κ1) is 12.8. The predicted molar refractivity (Wildman–Crippen MR) is 51.5 cm³/mol. The van der Waals surface area contributed by atoms with Gasteiger partial charge in [-0.15, -0.1) is 0 Å². The summed E-state index contributed by atoms with van der Waals surface area (Å²) in [6, 6.07) is 0. The van der Waals surface area contributed by atoms with E-state index in [0.29, 0.717) is 6.54 Å². The zero-order chi connectivity index (χ0) is 10.3. The van der Waals surface area contributed by atoms with Crippen molar-refractivity contribution in [1.82, 2.24) is 9.03 Å². The summed E-state index contributed by atoms with van der Waals surface area (Å²) in [4.78, 5) is 0. The molecule has 13 heavy (non-hydrogen) atoms. The van der Waals surface area contributed by atoms with Gasteiger partial charge in [-0.3, -0.25) is 0 Å². The number of unbranched alkanes of at least 4 members (excludes halogenated alkanes) is 1. The Morgan fingerprint density at radius 2 is 2.08 bits per heavy atom. The van der Waals surface area contributed by atoms with Gasteiger partial charge in [0.2, 0.25) is 0 Å². The van der Waals surface area contributed by atoms with Crippen LogP contribution in [0.2, 0.25) is 0 Å². The Kier molecular flexibility index (Phi) is 6.23. The van der Waals surface area contributed by atoms with Crippen LogP contribution in [0.5, 0.6) is 0 Å². The lowest BCUT2D eigenvalue weighted by Gasteiger charge is -2.16. The number of nitrogens with zero attached hydrogens (tertiary/aromatic N) is 1. The van der Waals surface area contributed by atoms with Crippen LogP contribution in [0.4, 0.5) is 0 Å². The number of rotatable bonds is 7. The van der Waals surface area contributed by atoms with E-state index in [1.165, 1.54) is 11.4 Å². The molecule has 0 aromatic rings. The van der Waals surface area contributed by atoms with Crippen LogP contribution in [0.1, 0.15) is 19.8 Å². The SMILES string of the molecule is CCCCN(C)S(=O)(=O)NCCO. The van der Waals surface area contributed by atoms with Crippen molar-refractivity contribution in [2.75, 3.05) is 26.7 Å². The summed E-state index contributed by atoms with van der Waals surface area (Å²) in [6.45, 7) is 2.40. The minimum Gasteiger partial charge on any atom is -0.395 e. The van der Waals surface area contributed by atoms with Crippen LogP contribution in [0, 0.1) is 0 Å². The van der Waals surface area contributed by atoms with Crippen LogP contribution in [-0.4, -0.2) is 44.6 Å². The number of hydrogen-bond donors (Lipinski definition) is 2. The smallest absolute Gasteiger partial charge is 0.279 e. The fourth-order valence-corrected chi connectivity index (χ4v) is 1.72. The second-order valence-electron chi connectivity index (χ2n) is 2.80. The molecule has 0 unspecified atom stereocenters. The second kappa shape index (κ2) is 6.31. The highest BCUT2D eigenvalue weighted by Gasteiger charge is 2.15. The Morgan fingerprint density at radius 3 is 2.54 bits per heavy atom. The first-order valence-corrected chi connectivity index (χ1v) is 5.80. The van der Waals surface area contributed by atoms with Crippen molar-refractivity contribution in [3.8, 4) is 0 Å². The summed E-state index contributed by atoms with van der Waals surface area (Å²) in [5.41, 5.74) is 0. The lowest BCUT2D eigenvalue weighted by Crippen LogP contribution is -2.39. The van der Waals surface area contributed by atoms with E-state index in [1.54, 1.807) is 0 Å². The molecule has 0 aliphatic rings. The highest BCUT2D eigenvalue weighted by Crippen LogP contribution is 1.96. The van der Waals surface area contributed by atoms with E-state index in [9.17, 15) is 8.42 Å². The van der Waals surface area contributed by atoms with Crippen molar-refractivity contribution < 1.29 is 13.5 Å². The maximum absolute atomic E-state index is 11.3. The molecule has 0 heterocycles. The second-order valence-corrected chi connectivity index (χ2v) is 4.66. The van der Waals surface area contributed by atoms with Crippen LogP contribution >= 0.6 is 0 Å². The van der Waals surface area contributed by atoms with Gasteiger partial charge in [0.05, 0.1) is 6.61 Å².